The molecule has 5 nitrogen and oxygen atoms in total. The summed E-state index contributed by atoms with van der Waals surface area (Å²) in [6.07, 6.45) is 4.37. The van der Waals surface area contributed by atoms with Gasteiger partial charge < -0.3 is 15.4 Å². The van der Waals surface area contributed by atoms with Gasteiger partial charge in [-0.15, -0.1) is 0 Å². The van der Waals surface area contributed by atoms with Crippen LogP contribution >= 0.6 is 11.6 Å². The number of benzene rings is 1. The van der Waals surface area contributed by atoms with E-state index in [0.717, 1.165) is 68.3 Å². The average Bonchev–Trinajstić information content (AvgIpc) is 3.17. The highest BCUT2D eigenvalue weighted by molar-refractivity contribution is 6.31. The summed E-state index contributed by atoms with van der Waals surface area (Å²) in [5.41, 5.74) is 1.10. The van der Waals surface area contributed by atoms with E-state index in [1.165, 1.54) is 6.42 Å². The average molecular weight is 366 g/mol. The fourth-order valence-corrected chi connectivity index (χ4v) is 3.96. The minimum atomic E-state index is 0.00952. The van der Waals surface area contributed by atoms with E-state index in [9.17, 15) is 4.79 Å². The Morgan fingerprint density at radius 3 is 3.04 bits per heavy atom. The molecular weight excluding hydrogens is 338 g/mol. The maximum atomic E-state index is 12.2. The first kappa shape index (κ1) is 18.5. The molecule has 2 saturated heterocycles. The van der Waals surface area contributed by atoms with Crippen molar-refractivity contribution in [3.63, 3.8) is 0 Å². The van der Waals surface area contributed by atoms with Gasteiger partial charge in [-0.3, -0.25) is 9.69 Å². The van der Waals surface area contributed by atoms with Crippen molar-refractivity contribution in [2.75, 3.05) is 33.3 Å². The number of hydrogen-bond acceptors (Lipinski definition) is 4. The maximum Gasteiger partial charge on any atom is 0.237 e. The molecule has 0 aromatic heterocycles. The van der Waals surface area contributed by atoms with Crippen LogP contribution in [0.15, 0.2) is 18.2 Å². The molecule has 1 aromatic carbocycles. The van der Waals surface area contributed by atoms with E-state index in [-0.39, 0.29) is 11.9 Å². The molecule has 2 atom stereocenters. The van der Waals surface area contributed by atoms with Gasteiger partial charge in [-0.1, -0.05) is 11.6 Å². The van der Waals surface area contributed by atoms with Gasteiger partial charge in [0.2, 0.25) is 5.91 Å². The zero-order chi connectivity index (χ0) is 17.6. The molecule has 138 valence electrons. The van der Waals surface area contributed by atoms with E-state index in [1.807, 2.05) is 18.2 Å². The first-order valence-electron chi connectivity index (χ1n) is 9.21. The molecule has 2 heterocycles. The number of carbonyl (C=O) groups is 1. The molecule has 1 aromatic rings. The summed E-state index contributed by atoms with van der Waals surface area (Å²) in [5.74, 6) is 1.50. The van der Waals surface area contributed by atoms with Gasteiger partial charge >= 0.3 is 0 Å². The minimum absolute atomic E-state index is 0.00952. The zero-order valence-electron chi connectivity index (χ0n) is 14.9. The normalized spacial score (nSPS) is 24.2. The highest BCUT2D eigenvalue weighted by Crippen LogP contribution is 2.25. The van der Waals surface area contributed by atoms with Crippen LogP contribution in [-0.4, -0.2) is 50.1 Å². The fourth-order valence-electron chi connectivity index (χ4n) is 3.78. The molecule has 0 spiro atoms. The van der Waals surface area contributed by atoms with Crippen LogP contribution in [-0.2, 0) is 11.3 Å². The van der Waals surface area contributed by atoms with Crippen LogP contribution < -0.4 is 15.4 Å². The first-order chi connectivity index (χ1) is 12.2. The zero-order valence-corrected chi connectivity index (χ0v) is 15.6. The van der Waals surface area contributed by atoms with Crippen LogP contribution in [0.4, 0.5) is 0 Å². The Morgan fingerprint density at radius 1 is 1.40 bits per heavy atom. The Labute approximate surface area is 155 Å². The number of ether oxygens (including phenoxy) is 1. The lowest BCUT2D eigenvalue weighted by atomic mass is 9.97. The molecule has 3 rings (SSSR count). The summed E-state index contributed by atoms with van der Waals surface area (Å²) in [5, 5.41) is 7.17. The number of hydrogen-bond donors (Lipinski definition) is 2. The summed E-state index contributed by atoms with van der Waals surface area (Å²) in [6.45, 7) is 4.61. The molecule has 2 N–H and O–H groups in total. The van der Waals surface area contributed by atoms with E-state index >= 15 is 0 Å². The second-order valence-corrected chi connectivity index (χ2v) is 7.50. The van der Waals surface area contributed by atoms with Crippen LogP contribution in [0.2, 0.25) is 5.02 Å². The van der Waals surface area contributed by atoms with Crippen molar-refractivity contribution in [3.8, 4) is 5.75 Å². The number of piperidine rings is 1. The SMILES string of the molecule is COc1ccc(Cl)c(CN2CCCC(CNC(=O)C3CCCN3)C2)c1. The third kappa shape index (κ3) is 5.09. The molecule has 2 unspecified atom stereocenters. The highest BCUT2D eigenvalue weighted by Gasteiger charge is 2.25. The summed E-state index contributed by atoms with van der Waals surface area (Å²) in [4.78, 5) is 14.6. The standard InChI is InChI=1S/C19H28ClN3O2/c1-25-16-6-7-17(20)15(10-16)13-23-9-3-4-14(12-23)11-22-19(24)18-5-2-8-21-18/h6-7,10,14,18,21H,2-5,8-9,11-13H2,1H3,(H,22,24). The number of carbonyl (C=O) groups excluding carboxylic acids is 1. The van der Waals surface area contributed by atoms with Crippen LogP contribution in [0.5, 0.6) is 5.75 Å². The van der Waals surface area contributed by atoms with Crippen molar-refractivity contribution < 1.29 is 9.53 Å². The van der Waals surface area contributed by atoms with E-state index in [1.54, 1.807) is 7.11 Å². The number of amides is 1. The van der Waals surface area contributed by atoms with Gasteiger partial charge in [-0.2, -0.15) is 0 Å². The van der Waals surface area contributed by atoms with Crippen molar-refractivity contribution >= 4 is 17.5 Å². The number of methoxy groups -OCH3 is 1. The molecule has 0 bridgehead atoms. The monoisotopic (exact) mass is 365 g/mol. The Hall–Kier alpha value is -1.30. The fraction of sp³-hybridized carbons (Fsp3) is 0.632. The second kappa shape index (κ2) is 8.88. The van der Waals surface area contributed by atoms with Gasteiger partial charge in [0, 0.05) is 24.7 Å². The maximum absolute atomic E-state index is 12.2. The van der Waals surface area contributed by atoms with Crippen molar-refractivity contribution in [3.05, 3.63) is 28.8 Å². The summed E-state index contributed by atoms with van der Waals surface area (Å²) in [7, 11) is 1.67. The van der Waals surface area contributed by atoms with Gasteiger partial charge in [0.15, 0.2) is 0 Å². The molecule has 25 heavy (non-hydrogen) atoms. The minimum Gasteiger partial charge on any atom is -0.497 e. The van der Waals surface area contributed by atoms with Crippen LogP contribution in [0.1, 0.15) is 31.2 Å². The Morgan fingerprint density at radius 2 is 2.28 bits per heavy atom. The van der Waals surface area contributed by atoms with Gasteiger partial charge in [0.1, 0.15) is 5.75 Å². The van der Waals surface area contributed by atoms with Crippen LogP contribution in [0.3, 0.4) is 0 Å². The number of nitrogens with one attached hydrogen (secondary N) is 2. The van der Waals surface area contributed by atoms with Gasteiger partial charge in [-0.05, 0) is 68.5 Å². The van der Waals surface area contributed by atoms with E-state index < -0.39 is 0 Å². The molecule has 0 radical (unpaired) electrons. The number of likely N-dealkylation sites (tertiary alicyclic amines) is 1. The van der Waals surface area contributed by atoms with E-state index in [4.69, 9.17) is 16.3 Å². The molecule has 2 aliphatic heterocycles. The van der Waals surface area contributed by atoms with Gasteiger partial charge in [-0.25, -0.2) is 0 Å². The largest absolute Gasteiger partial charge is 0.497 e. The predicted octanol–water partition coefficient (Wildman–Crippen LogP) is 2.43. The Balaban J connectivity index is 1.50. The lowest BCUT2D eigenvalue weighted by Gasteiger charge is -2.33. The van der Waals surface area contributed by atoms with Crippen molar-refractivity contribution in [1.82, 2.24) is 15.5 Å². The predicted molar refractivity (Wildman–Crippen MR) is 100 cm³/mol. The highest BCUT2D eigenvalue weighted by atomic mass is 35.5. The molecular formula is C19H28ClN3O2. The van der Waals surface area contributed by atoms with Gasteiger partial charge in [0.05, 0.1) is 13.2 Å². The first-order valence-corrected chi connectivity index (χ1v) is 9.59. The summed E-state index contributed by atoms with van der Waals surface area (Å²) >= 11 is 6.34. The van der Waals surface area contributed by atoms with Crippen molar-refractivity contribution in [2.45, 2.75) is 38.3 Å². The van der Waals surface area contributed by atoms with Crippen LogP contribution in [0.25, 0.3) is 0 Å². The van der Waals surface area contributed by atoms with E-state index in [0.29, 0.717) is 5.92 Å². The number of nitrogens with zero attached hydrogens (tertiary/aromatic N) is 1. The lowest BCUT2D eigenvalue weighted by molar-refractivity contribution is -0.123. The molecule has 2 aliphatic rings. The molecule has 0 aliphatic carbocycles. The van der Waals surface area contributed by atoms with E-state index in [2.05, 4.69) is 15.5 Å². The quantitative estimate of drug-likeness (QED) is 0.813. The topological polar surface area (TPSA) is 53.6 Å². The molecule has 0 saturated carbocycles. The smallest absolute Gasteiger partial charge is 0.237 e. The molecule has 1 amide bonds. The van der Waals surface area contributed by atoms with Gasteiger partial charge in [0.25, 0.3) is 0 Å². The lowest BCUT2D eigenvalue weighted by Crippen LogP contribution is -2.45. The molecule has 6 heteroatoms. The second-order valence-electron chi connectivity index (χ2n) is 7.09. The summed E-state index contributed by atoms with van der Waals surface area (Å²) in [6, 6.07) is 5.80. The summed E-state index contributed by atoms with van der Waals surface area (Å²) < 4.78 is 5.30. The van der Waals surface area contributed by atoms with Crippen molar-refractivity contribution in [1.29, 1.82) is 0 Å². The Bertz CT molecular complexity index is 590. The van der Waals surface area contributed by atoms with Crippen LogP contribution in [0, 0.1) is 5.92 Å². The third-order valence-corrected chi connectivity index (χ3v) is 5.56. The van der Waals surface area contributed by atoms with Crippen molar-refractivity contribution in [2.24, 2.45) is 5.92 Å². The molecule has 2 fully saturated rings. The Kier molecular flexibility index (Phi) is 6.57. The third-order valence-electron chi connectivity index (χ3n) is 5.19. The number of rotatable bonds is 6. The number of halogens is 1.